The maximum absolute atomic E-state index is 12.4. The minimum absolute atomic E-state index is 0.117. The summed E-state index contributed by atoms with van der Waals surface area (Å²) in [6.45, 7) is 8.04. The van der Waals surface area contributed by atoms with Crippen molar-refractivity contribution in [3.8, 4) is 5.69 Å². The SMILES string of the molecule is Cc1ccc(S[C@@H](C)C(=O)N/N=C\c2cc(C)n(-c3ccc(Br)cc3)c2C)cc1. The molecule has 1 atom stereocenters. The van der Waals surface area contributed by atoms with Gasteiger partial charge in [-0.05, 0) is 70.2 Å². The van der Waals surface area contributed by atoms with Crippen LogP contribution in [0.4, 0.5) is 0 Å². The van der Waals surface area contributed by atoms with Gasteiger partial charge < -0.3 is 4.57 Å². The first-order valence-electron chi connectivity index (χ1n) is 9.36. The maximum Gasteiger partial charge on any atom is 0.253 e. The fraction of sp³-hybridized carbons (Fsp3) is 0.217. The van der Waals surface area contributed by atoms with Crippen LogP contribution in [0.1, 0.15) is 29.4 Å². The number of aromatic nitrogens is 1. The third-order valence-electron chi connectivity index (χ3n) is 4.64. The van der Waals surface area contributed by atoms with Crippen molar-refractivity contribution >= 4 is 39.8 Å². The first kappa shape index (κ1) is 21.4. The number of halogens is 1. The van der Waals surface area contributed by atoms with Gasteiger partial charge in [-0.1, -0.05) is 33.6 Å². The summed E-state index contributed by atoms with van der Waals surface area (Å²) in [5, 5.41) is 3.95. The summed E-state index contributed by atoms with van der Waals surface area (Å²) in [5.41, 5.74) is 8.12. The van der Waals surface area contributed by atoms with E-state index in [-0.39, 0.29) is 11.2 Å². The molecule has 0 saturated carbocycles. The van der Waals surface area contributed by atoms with Gasteiger partial charge in [0.2, 0.25) is 0 Å². The monoisotopic (exact) mass is 469 g/mol. The summed E-state index contributed by atoms with van der Waals surface area (Å²) in [6.07, 6.45) is 1.71. The van der Waals surface area contributed by atoms with Crippen LogP contribution in [0, 0.1) is 20.8 Å². The van der Waals surface area contributed by atoms with E-state index in [0.717, 1.165) is 32.0 Å². The molecule has 1 aromatic heterocycles. The molecule has 0 fully saturated rings. The number of carbonyl (C=O) groups excluding carboxylic acids is 1. The molecule has 1 amide bonds. The number of hydrogen-bond donors (Lipinski definition) is 1. The Kier molecular flexibility index (Phi) is 6.98. The van der Waals surface area contributed by atoms with Crippen LogP contribution in [0.25, 0.3) is 5.69 Å². The Balaban J connectivity index is 1.65. The summed E-state index contributed by atoms with van der Waals surface area (Å²) < 4.78 is 3.22. The second kappa shape index (κ2) is 9.46. The Morgan fingerprint density at radius 2 is 1.76 bits per heavy atom. The van der Waals surface area contributed by atoms with Gasteiger partial charge in [0, 0.05) is 32.0 Å². The largest absolute Gasteiger partial charge is 0.318 e. The smallest absolute Gasteiger partial charge is 0.253 e. The number of aryl methyl sites for hydroxylation is 2. The van der Waals surface area contributed by atoms with Gasteiger partial charge >= 0.3 is 0 Å². The van der Waals surface area contributed by atoms with Gasteiger partial charge in [0.15, 0.2) is 0 Å². The van der Waals surface area contributed by atoms with E-state index in [4.69, 9.17) is 0 Å². The summed E-state index contributed by atoms with van der Waals surface area (Å²) in [5.74, 6) is -0.117. The molecule has 29 heavy (non-hydrogen) atoms. The van der Waals surface area contributed by atoms with Crippen LogP contribution in [0.2, 0.25) is 0 Å². The molecule has 0 aliphatic heterocycles. The zero-order valence-electron chi connectivity index (χ0n) is 16.9. The molecule has 6 heteroatoms. The van der Waals surface area contributed by atoms with Crippen molar-refractivity contribution in [2.45, 2.75) is 37.8 Å². The van der Waals surface area contributed by atoms with Gasteiger partial charge in [-0.15, -0.1) is 11.8 Å². The molecule has 0 saturated heterocycles. The van der Waals surface area contributed by atoms with Crippen LogP contribution in [-0.2, 0) is 4.79 Å². The second-order valence-corrected chi connectivity index (χ2v) is 9.28. The number of nitrogens with zero attached hydrogens (tertiary/aromatic N) is 2. The zero-order chi connectivity index (χ0) is 21.0. The van der Waals surface area contributed by atoms with Crippen molar-refractivity contribution in [1.29, 1.82) is 0 Å². The van der Waals surface area contributed by atoms with Gasteiger partial charge in [0.25, 0.3) is 5.91 Å². The van der Waals surface area contributed by atoms with Gasteiger partial charge in [0.05, 0.1) is 11.5 Å². The molecule has 1 heterocycles. The Morgan fingerprint density at radius 3 is 2.41 bits per heavy atom. The molecular weight excluding hydrogens is 446 g/mol. The van der Waals surface area contributed by atoms with Crippen LogP contribution >= 0.6 is 27.7 Å². The molecule has 1 N–H and O–H groups in total. The van der Waals surface area contributed by atoms with Gasteiger partial charge in [-0.2, -0.15) is 5.10 Å². The average molecular weight is 470 g/mol. The number of carbonyl (C=O) groups is 1. The van der Waals surface area contributed by atoms with Crippen molar-refractivity contribution < 1.29 is 4.79 Å². The molecule has 2 aromatic carbocycles. The van der Waals surface area contributed by atoms with Crippen LogP contribution in [-0.4, -0.2) is 21.9 Å². The number of hydrogen-bond acceptors (Lipinski definition) is 3. The number of benzene rings is 2. The van der Waals surface area contributed by atoms with Crippen LogP contribution in [0.15, 0.2) is 69.1 Å². The molecule has 4 nitrogen and oxygen atoms in total. The highest BCUT2D eigenvalue weighted by molar-refractivity contribution is 9.10. The Morgan fingerprint density at radius 1 is 1.10 bits per heavy atom. The number of hydrazone groups is 1. The summed E-state index contributed by atoms with van der Waals surface area (Å²) in [4.78, 5) is 13.4. The van der Waals surface area contributed by atoms with Gasteiger partial charge in [-0.25, -0.2) is 5.43 Å². The number of amides is 1. The second-order valence-electron chi connectivity index (χ2n) is 6.95. The van der Waals surface area contributed by atoms with Gasteiger partial charge in [0.1, 0.15) is 0 Å². The Labute approximate surface area is 184 Å². The van der Waals surface area contributed by atoms with Crippen molar-refractivity contribution in [2.75, 3.05) is 0 Å². The summed E-state index contributed by atoms with van der Waals surface area (Å²) in [6, 6.07) is 18.4. The van der Waals surface area contributed by atoms with E-state index in [2.05, 4.69) is 56.1 Å². The van der Waals surface area contributed by atoms with Crippen molar-refractivity contribution in [2.24, 2.45) is 5.10 Å². The van der Waals surface area contributed by atoms with E-state index in [1.54, 1.807) is 6.21 Å². The number of thioether (sulfide) groups is 1. The quantitative estimate of drug-likeness (QED) is 0.281. The van der Waals surface area contributed by atoms with E-state index in [9.17, 15) is 4.79 Å². The molecule has 3 aromatic rings. The lowest BCUT2D eigenvalue weighted by Crippen LogP contribution is -2.26. The standard InChI is InChI=1S/C23H24BrN3OS/c1-15-5-11-22(12-6-15)29-18(4)23(28)26-25-14-19-13-16(2)27(17(19)3)21-9-7-20(24)8-10-21/h5-14,18H,1-4H3,(H,26,28)/b25-14-/t18-/m0/s1. The number of rotatable bonds is 6. The van der Waals surface area contributed by atoms with Crippen molar-refractivity contribution in [3.63, 3.8) is 0 Å². The van der Waals surface area contributed by atoms with Crippen molar-refractivity contribution in [1.82, 2.24) is 9.99 Å². The molecular formula is C23H24BrN3OS. The molecule has 150 valence electrons. The molecule has 0 bridgehead atoms. The predicted molar refractivity (Wildman–Crippen MR) is 125 cm³/mol. The highest BCUT2D eigenvalue weighted by atomic mass is 79.9. The van der Waals surface area contributed by atoms with E-state index in [1.807, 2.05) is 57.2 Å². The van der Waals surface area contributed by atoms with Crippen LogP contribution in [0.3, 0.4) is 0 Å². The average Bonchev–Trinajstić information content (AvgIpc) is 2.97. The third kappa shape index (κ3) is 5.40. The highest BCUT2D eigenvalue weighted by Crippen LogP contribution is 2.24. The predicted octanol–water partition coefficient (Wildman–Crippen LogP) is 5.80. The van der Waals surface area contributed by atoms with E-state index >= 15 is 0 Å². The Bertz CT molecular complexity index is 1020. The lowest BCUT2D eigenvalue weighted by molar-refractivity contribution is -0.120. The number of nitrogens with one attached hydrogen (secondary N) is 1. The lowest BCUT2D eigenvalue weighted by Gasteiger charge is -2.10. The molecule has 0 aliphatic carbocycles. The van der Waals surface area contributed by atoms with Crippen LogP contribution < -0.4 is 5.43 Å². The minimum atomic E-state index is -0.231. The molecule has 0 aliphatic rings. The highest BCUT2D eigenvalue weighted by Gasteiger charge is 2.14. The van der Waals surface area contributed by atoms with Crippen molar-refractivity contribution in [3.05, 3.63) is 81.6 Å². The fourth-order valence-electron chi connectivity index (χ4n) is 3.04. The summed E-state index contributed by atoms with van der Waals surface area (Å²) in [7, 11) is 0. The third-order valence-corrected chi connectivity index (χ3v) is 6.28. The minimum Gasteiger partial charge on any atom is -0.318 e. The van der Waals surface area contributed by atoms with E-state index in [1.165, 1.54) is 17.3 Å². The van der Waals surface area contributed by atoms with E-state index in [0.29, 0.717) is 0 Å². The first-order chi connectivity index (χ1) is 13.8. The molecule has 0 spiro atoms. The lowest BCUT2D eigenvalue weighted by atomic mass is 10.2. The molecule has 3 rings (SSSR count). The normalized spacial score (nSPS) is 12.3. The zero-order valence-corrected chi connectivity index (χ0v) is 19.3. The van der Waals surface area contributed by atoms with Gasteiger partial charge in [-0.3, -0.25) is 4.79 Å². The topological polar surface area (TPSA) is 46.4 Å². The van der Waals surface area contributed by atoms with E-state index < -0.39 is 0 Å². The van der Waals surface area contributed by atoms with Crippen LogP contribution in [0.5, 0.6) is 0 Å². The summed E-state index contributed by atoms with van der Waals surface area (Å²) >= 11 is 4.99. The fourth-order valence-corrected chi connectivity index (χ4v) is 4.16. The molecule has 0 radical (unpaired) electrons. The first-order valence-corrected chi connectivity index (χ1v) is 11.0. The Hall–Kier alpha value is -2.31. The molecule has 0 unspecified atom stereocenters. The maximum atomic E-state index is 12.4.